The molecule has 25 heavy (non-hydrogen) atoms. The van der Waals surface area contributed by atoms with Crippen LogP contribution < -0.4 is 4.57 Å². The van der Waals surface area contributed by atoms with Crippen LogP contribution in [0.5, 0.6) is 0 Å². The van der Waals surface area contributed by atoms with Crippen LogP contribution in [0.1, 0.15) is 26.3 Å². The number of aromatic nitrogens is 2. The zero-order valence-electron chi connectivity index (χ0n) is 15.0. The van der Waals surface area contributed by atoms with E-state index in [-0.39, 0.29) is 5.41 Å². The van der Waals surface area contributed by atoms with Crippen LogP contribution in [-0.2, 0) is 5.41 Å². The van der Waals surface area contributed by atoms with Gasteiger partial charge in [-0.1, -0.05) is 63.2 Å². The van der Waals surface area contributed by atoms with Crippen LogP contribution >= 0.6 is 0 Å². The predicted molar refractivity (Wildman–Crippen MR) is 104 cm³/mol. The third-order valence-corrected chi connectivity index (χ3v) is 4.66. The molecule has 2 heteroatoms. The smallest absolute Gasteiger partial charge is 0.236 e. The molecule has 1 aromatic heterocycles. The molecule has 0 atom stereocenters. The van der Waals surface area contributed by atoms with Crippen molar-refractivity contribution < 1.29 is 4.57 Å². The molecule has 0 aliphatic rings. The Balaban J connectivity index is 1.93. The summed E-state index contributed by atoms with van der Waals surface area (Å²) in [4.78, 5) is 3.60. The van der Waals surface area contributed by atoms with E-state index < -0.39 is 0 Å². The summed E-state index contributed by atoms with van der Waals surface area (Å²) >= 11 is 0. The maximum Gasteiger partial charge on any atom is 0.292 e. The van der Waals surface area contributed by atoms with Crippen LogP contribution in [0, 0.1) is 0 Å². The lowest BCUT2D eigenvalue weighted by Gasteiger charge is -2.18. The largest absolute Gasteiger partial charge is 0.292 e. The van der Waals surface area contributed by atoms with Gasteiger partial charge in [0.15, 0.2) is 11.0 Å². The first-order chi connectivity index (χ1) is 12.0. The van der Waals surface area contributed by atoms with Crippen molar-refractivity contribution in [2.75, 3.05) is 0 Å². The number of fused-ring (bicyclic) bond motifs is 1. The van der Waals surface area contributed by atoms with E-state index in [2.05, 4.69) is 109 Å². The molecule has 0 bridgehead atoms. The van der Waals surface area contributed by atoms with Gasteiger partial charge >= 0.3 is 0 Å². The van der Waals surface area contributed by atoms with Crippen molar-refractivity contribution in [2.45, 2.75) is 26.2 Å². The Morgan fingerprint density at radius 3 is 2.04 bits per heavy atom. The first kappa shape index (κ1) is 15.6. The van der Waals surface area contributed by atoms with E-state index in [0.717, 1.165) is 17.0 Å². The third-order valence-electron chi connectivity index (χ3n) is 4.66. The van der Waals surface area contributed by atoms with Crippen molar-refractivity contribution in [1.82, 2.24) is 4.98 Å². The lowest BCUT2D eigenvalue weighted by atomic mass is 9.87. The van der Waals surface area contributed by atoms with E-state index in [9.17, 15) is 0 Å². The van der Waals surface area contributed by atoms with Crippen molar-refractivity contribution in [2.24, 2.45) is 0 Å². The van der Waals surface area contributed by atoms with Crippen molar-refractivity contribution in [1.29, 1.82) is 0 Å². The number of nitrogens with zero attached hydrogens (tertiary/aromatic N) is 1. The summed E-state index contributed by atoms with van der Waals surface area (Å²) in [6.45, 7) is 6.74. The molecule has 0 spiro atoms. The van der Waals surface area contributed by atoms with Crippen LogP contribution in [0.2, 0.25) is 0 Å². The fraction of sp³-hybridized carbons (Fsp3) is 0.174. The lowest BCUT2D eigenvalue weighted by Crippen LogP contribution is -2.31. The minimum atomic E-state index is 0.161. The average molecular weight is 327 g/mol. The maximum atomic E-state index is 3.60. The Bertz CT molecular complexity index is 1000. The lowest BCUT2D eigenvalue weighted by molar-refractivity contribution is -0.554. The van der Waals surface area contributed by atoms with Gasteiger partial charge in [0.05, 0.1) is 5.56 Å². The molecule has 0 aliphatic heterocycles. The summed E-state index contributed by atoms with van der Waals surface area (Å²) in [5.74, 6) is 1.10. The van der Waals surface area contributed by atoms with Crippen LogP contribution in [-0.4, -0.2) is 4.98 Å². The summed E-state index contributed by atoms with van der Waals surface area (Å²) in [5.41, 5.74) is 6.18. The normalized spacial score (nSPS) is 11.8. The number of aromatic amines is 1. The monoisotopic (exact) mass is 327 g/mol. The zero-order chi connectivity index (χ0) is 17.4. The second kappa shape index (κ2) is 5.89. The molecule has 0 saturated carbocycles. The molecule has 4 rings (SSSR count). The summed E-state index contributed by atoms with van der Waals surface area (Å²) < 4.78 is 2.29. The standard InChI is InChI=1S/C23H22N2/c1-23(2,3)18-15-13-17(14-16-18)22-24-20-11-7-8-12-21(20)25(22)19-9-5-4-6-10-19/h4-16H,1-3H3/p+1. The van der Waals surface area contributed by atoms with Crippen molar-refractivity contribution >= 4 is 11.0 Å². The molecule has 3 aromatic carbocycles. The SMILES string of the molecule is CC(C)(C)c1ccc(-c2[nH]c3ccccc3[n+]2-c2ccccc2)cc1. The van der Waals surface area contributed by atoms with Gasteiger partial charge in [-0.15, -0.1) is 0 Å². The Labute approximate surface area is 148 Å². The van der Waals surface area contributed by atoms with Gasteiger partial charge in [-0.25, -0.2) is 4.98 Å². The molecule has 1 heterocycles. The van der Waals surface area contributed by atoms with E-state index >= 15 is 0 Å². The molecule has 0 fully saturated rings. The number of hydrogen-bond donors (Lipinski definition) is 1. The fourth-order valence-corrected chi connectivity index (χ4v) is 3.25. The van der Waals surface area contributed by atoms with Crippen LogP contribution in [0.3, 0.4) is 0 Å². The number of nitrogens with one attached hydrogen (secondary N) is 1. The summed E-state index contributed by atoms with van der Waals surface area (Å²) in [6, 6.07) is 27.8. The van der Waals surface area contributed by atoms with Crippen LogP contribution in [0.25, 0.3) is 28.1 Å². The molecule has 124 valence electrons. The van der Waals surface area contributed by atoms with Gasteiger partial charge in [0, 0.05) is 0 Å². The second-order valence-corrected chi connectivity index (χ2v) is 7.49. The highest BCUT2D eigenvalue weighted by atomic mass is 15.1. The van der Waals surface area contributed by atoms with Crippen molar-refractivity contribution in [3.8, 4) is 17.1 Å². The number of H-pyrrole nitrogens is 1. The molecule has 1 N–H and O–H groups in total. The van der Waals surface area contributed by atoms with Gasteiger partial charge in [0.25, 0.3) is 5.82 Å². The van der Waals surface area contributed by atoms with Gasteiger partial charge in [0.2, 0.25) is 0 Å². The highest BCUT2D eigenvalue weighted by Gasteiger charge is 2.22. The Hall–Kier alpha value is -2.87. The van der Waals surface area contributed by atoms with Gasteiger partial charge < -0.3 is 0 Å². The molecule has 0 saturated heterocycles. The topological polar surface area (TPSA) is 19.7 Å². The summed E-state index contributed by atoms with van der Waals surface area (Å²) in [5, 5.41) is 0. The fourth-order valence-electron chi connectivity index (χ4n) is 3.25. The summed E-state index contributed by atoms with van der Waals surface area (Å²) in [6.07, 6.45) is 0. The van der Waals surface area contributed by atoms with E-state index in [1.807, 2.05) is 0 Å². The average Bonchev–Trinajstić information content (AvgIpc) is 3.01. The predicted octanol–water partition coefficient (Wildman–Crippen LogP) is 5.41. The molecular weight excluding hydrogens is 304 g/mol. The van der Waals surface area contributed by atoms with Gasteiger partial charge in [-0.3, -0.25) is 0 Å². The highest BCUT2D eigenvalue weighted by Crippen LogP contribution is 2.26. The van der Waals surface area contributed by atoms with Gasteiger partial charge in [-0.05, 0) is 47.4 Å². The summed E-state index contributed by atoms with van der Waals surface area (Å²) in [7, 11) is 0. The van der Waals surface area contributed by atoms with Crippen molar-refractivity contribution in [3.63, 3.8) is 0 Å². The van der Waals surface area contributed by atoms with Gasteiger partial charge in [-0.2, -0.15) is 4.57 Å². The highest BCUT2D eigenvalue weighted by molar-refractivity contribution is 5.75. The minimum Gasteiger partial charge on any atom is -0.236 e. The zero-order valence-corrected chi connectivity index (χ0v) is 15.0. The molecular formula is C23H23N2+. The molecule has 0 amide bonds. The molecule has 0 radical (unpaired) electrons. The molecule has 2 nitrogen and oxygen atoms in total. The van der Waals surface area contributed by atoms with Crippen LogP contribution in [0.15, 0.2) is 78.9 Å². The van der Waals surface area contributed by atoms with E-state index in [1.54, 1.807) is 0 Å². The number of benzene rings is 3. The van der Waals surface area contributed by atoms with E-state index in [4.69, 9.17) is 0 Å². The second-order valence-electron chi connectivity index (χ2n) is 7.49. The minimum absolute atomic E-state index is 0.161. The van der Waals surface area contributed by atoms with E-state index in [1.165, 1.54) is 16.6 Å². The molecule has 4 aromatic rings. The quantitative estimate of drug-likeness (QED) is 0.475. The number of imidazole rings is 1. The first-order valence-electron chi connectivity index (χ1n) is 8.73. The first-order valence-corrected chi connectivity index (χ1v) is 8.73. The Kier molecular flexibility index (Phi) is 3.69. The maximum absolute atomic E-state index is 3.60. The van der Waals surface area contributed by atoms with E-state index in [0.29, 0.717) is 0 Å². The van der Waals surface area contributed by atoms with Crippen LogP contribution in [0.4, 0.5) is 0 Å². The Morgan fingerprint density at radius 1 is 0.720 bits per heavy atom. The molecule has 0 aliphatic carbocycles. The number of rotatable bonds is 2. The number of hydrogen-bond acceptors (Lipinski definition) is 0. The Morgan fingerprint density at radius 2 is 1.36 bits per heavy atom. The molecule has 0 unspecified atom stereocenters. The number of para-hydroxylation sites is 3. The van der Waals surface area contributed by atoms with Crippen molar-refractivity contribution in [3.05, 3.63) is 84.4 Å². The third kappa shape index (κ3) is 2.85. The van der Waals surface area contributed by atoms with Gasteiger partial charge in [0.1, 0.15) is 5.69 Å².